The summed E-state index contributed by atoms with van der Waals surface area (Å²) in [7, 11) is 0. The lowest BCUT2D eigenvalue weighted by Gasteiger charge is -2.44. The van der Waals surface area contributed by atoms with Gasteiger partial charge in [0.25, 0.3) is 0 Å². The molecule has 0 spiro atoms. The van der Waals surface area contributed by atoms with Crippen LogP contribution in [0, 0.1) is 6.92 Å². The number of hydrogen-bond acceptors (Lipinski definition) is 4. The minimum absolute atomic E-state index is 0.245. The molecule has 2 unspecified atom stereocenters. The fourth-order valence-electron chi connectivity index (χ4n) is 2.92. The van der Waals surface area contributed by atoms with Gasteiger partial charge in [0, 0.05) is 18.3 Å². The molecule has 4 nitrogen and oxygen atoms in total. The van der Waals surface area contributed by atoms with E-state index >= 15 is 0 Å². The van der Waals surface area contributed by atoms with Gasteiger partial charge in [0.2, 0.25) is 0 Å². The smallest absolute Gasteiger partial charge is 0.110 e. The van der Waals surface area contributed by atoms with E-state index in [2.05, 4.69) is 10.3 Å². The molecule has 0 amide bonds. The Morgan fingerprint density at radius 3 is 2.76 bits per heavy atom. The summed E-state index contributed by atoms with van der Waals surface area (Å²) in [4.78, 5) is 4.34. The second kappa shape index (κ2) is 4.05. The molecule has 2 N–H and O–H groups in total. The van der Waals surface area contributed by atoms with Crippen molar-refractivity contribution in [3.8, 4) is 0 Å². The zero-order valence-electron chi connectivity index (χ0n) is 10.0. The Hall–Kier alpha value is -0.970. The molecule has 17 heavy (non-hydrogen) atoms. The molecule has 2 fully saturated rings. The van der Waals surface area contributed by atoms with Crippen LogP contribution in [0.4, 0.5) is 0 Å². The summed E-state index contributed by atoms with van der Waals surface area (Å²) in [5.74, 6) is 0. The molecule has 3 heterocycles. The van der Waals surface area contributed by atoms with Gasteiger partial charge in [-0.1, -0.05) is 0 Å². The molecule has 2 bridgehead atoms. The van der Waals surface area contributed by atoms with E-state index in [0.29, 0.717) is 26.1 Å². The maximum absolute atomic E-state index is 10.8. The first-order chi connectivity index (χ1) is 8.16. The maximum atomic E-state index is 10.8. The van der Waals surface area contributed by atoms with Crippen LogP contribution < -0.4 is 5.32 Å². The number of piperidine rings is 1. The molecule has 2 aliphatic rings. The van der Waals surface area contributed by atoms with E-state index in [-0.39, 0.29) is 12.1 Å². The predicted octanol–water partition coefficient (Wildman–Crippen LogP) is 0.728. The zero-order chi connectivity index (χ0) is 11.9. The monoisotopic (exact) mass is 234 g/mol. The van der Waals surface area contributed by atoms with Crippen LogP contribution in [0.3, 0.4) is 0 Å². The minimum Gasteiger partial charge on any atom is -0.383 e. The quantitative estimate of drug-likeness (QED) is 0.752. The molecule has 2 aliphatic heterocycles. The van der Waals surface area contributed by atoms with Gasteiger partial charge in [0.05, 0.1) is 18.9 Å². The van der Waals surface area contributed by atoms with Gasteiger partial charge in [0.1, 0.15) is 5.60 Å². The second-order valence-electron chi connectivity index (χ2n) is 5.26. The van der Waals surface area contributed by atoms with Gasteiger partial charge in [-0.25, -0.2) is 0 Å². The van der Waals surface area contributed by atoms with Crippen molar-refractivity contribution in [2.24, 2.45) is 0 Å². The number of morpholine rings is 1. The number of ether oxygens (including phenoxy) is 1. The standard InChI is InChI=1S/C13H18N2O2/c1-9-2-3-14-12(4-9)13(16)5-10-7-17-8-11(6-13)15-10/h2-4,10-11,15-16H,5-8H2,1H3. The van der Waals surface area contributed by atoms with Crippen LogP contribution in [0.5, 0.6) is 0 Å². The molecule has 1 aromatic heterocycles. The van der Waals surface area contributed by atoms with E-state index in [1.165, 1.54) is 0 Å². The Balaban J connectivity index is 1.90. The molecule has 4 heteroatoms. The third-order valence-electron chi connectivity index (χ3n) is 3.67. The number of hydrogen-bond donors (Lipinski definition) is 2. The van der Waals surface area contributed by atoms with E-state index in [1.54, 1.807) is 6.20 Å². The number of rotatable bonds is 1. The van der Waals surface area contributed by atoms with Crippen LogP contribution >= 0.6 is 0 Å². The first-order valence-corrected chi connectivity index (χ1v) is 6.15. The number of nitrogens with zero attached hydrogens (tertiary/aromatic N) is 1. The van der Waals surface area contributed by atoms with E-state index in [1.807, 2.05) is 19.1 Å². The van der Waals surface area contributed by atoms with Crippen LogP contribution in [-0.4, -0.2) is 35.4 Å². The van der Waals surface area contributed by atoms with E-state index < -0.39 is 5.60 Å². The lowest BCUT2D eigenvalue weighted by Crippen LogP contribution is -2.58. The minimum atomic E-state index is -0.795. The molecule has 2 atom stereocenters. The number of aryl methyl sites for hydroxylation is 1. The third kappa shape index (κ3) is 2.08. The van der Waals surface area contributed by atoms with Crippen molar-refractivity contribution in [3.63, 3.8) is 0 Å². The van der Waals surface area contributed by atoms with Crippen molar-refractivity contribution < 1.29 is 9.84 Å². The van der Waals surface area contributed by atoms with Gasteiger partial charge in [-0.2, -0.15) is 0 Å². The molecule has 0 aromatic carbocycles. The highest BCUT2D eigenvalue weighted by atomic mass is 16.5. The van der Waals surface area contributed by atoms with Crippen molar-refractivity contribution in [1.82, 2.24) is 10.3 Å². The average Bonchev–Trinajstić information content (AvgIpc) is 2.28. The van der Waals surface area contributed by atoms with E-state index in [9.17, 15) is 5.11 Å². The Labute approximate surface area is 101 Å². The SMILES string of the molecule is Cc1ccnc(C2(O)CC3COCC(C2)N3)c1. The third-order valence-corrected chi connectivity index (χ3v) is 3.67. The molecule has 0 radical (unpaired) electrons. The fourth-order valence-corrected chi connectivity index (χ4v) is 2.92. The molecular weight excluding hydrogens is 216 g/mol. The number of aliphatic hydroxyl groups is 1. The highest BCUT2D eigenvalue weighted by molar-refractivity contribution is 5.21. The first kappa shape index (κ1) is 11.1. The summed E-state index contributed by atoms with van der Waals surface area (Å²) < 4.78 is 5.50. The van der Waals surface area contributed by atoms with Gasteiger partial charge < -0.3 is 15.2 Å². The number of nitrogens with one attached hydrogen (secondary N) is 1. The Bertz CT molecular complexity index is 410. The number of pyridine rings is 1. The Morgan fingerprint density at radius 2 is 2.12 bits per heavy atom. The molecule has 2 saturated heterocycles. The lowest BCUT2D eigenvalue weighted by atomic mass is 9.80. The van der Waals surface area contributed by atoms with Crippen LogP contribution in [0.25, 0.3) is 0 Å². The predicted molar refractivity (Wildman–Crippen MR) is 63.6 cm³/mol. The van der Waals surface area contributed by atoms with Crippen molar-refractivity contribution >= 4 is 0 Å². The molecule has 1 aromatic rings. The van der Waals surface area contributed by atoms with Gasteiger partial charge >= 0.3 is 0 Å². The van der Waals surface area contributed by atoms with E-state index in [4.69, 9.17) is 4.74 Å². The topological polar surface area (TPSA) is 54.4 Å². The fraction of sp³-hybridized carbons (Fsp3) is 0.615. The van der Waals surface area contributed by atoms with Crippen LogP contribution in [0.15, 0.2) is 18.3 Å². The summed E-state index contributed by atoms with van der Waals surface area (Å²) in [6, 6.07) is 4.43. The molecule has 0 aliphatic carbocycles. The van der Waals surface area contributed by atoms with Gasteiger partial charge in [-0.15, -0.1) is 0 Å². The van der Waals surface area contributed by atoms with Crippen molar-refractivity contribution in [1.29, 1.82) is 0 Å². The Kier molecular flexibility index (Phi) is 2.65. The van der Waals surface area contributed by atoms with Crippen LogP contribution in [-0.2, 0) is 10.3 Å². The molecule has 3 rings (SSSR count). The van der Waals surface area contributed by atoms with Crippen molar-refractivity contribution in [2.75, 3.05) is 13.2 Å². The highest BCUT2D eigenvalue weighted by Gasteiger charge is 2.43. The molecule has 0 saturated carbocycles. The average molecular weight is 234 g/mol. The normalized spacial score (nSPS) is 36.8. The van der Waals surface area contributed by atoms with Crippen LogP contribution in [0.1, 0.15) is 24.1 Å². The Morgan fingerprint density at radius 1 is 1.41 bits per heavy atom. The molecule has 92 valence electrons. The maximum Gasteiger partial charge on any atom is 0.110 e. The van der Waals surface area contributed by atoms with E-state index in [0.717, 1.165) is 11.3 Å². The summed E-state index contributed by atoms with van der Waals surface area (Å²) in [6.45, 7) is 3.40. The zero-order valence-corrected chi connectivity index (χ0v) is 10.0. The lowest BCUT2D eigenvalue weighted by molar-refractivity contribution is -0.0824. The van der Waals surface area contributed by atoms with Crippen molar-refractivity contribution in [3.05, 3.63) is 29.6 Å². The molecular formula is C13H18N2O2. The number of fused-ring (bicyclic) bond motifs is 2. The van der Waals surface area contributed by atoms with Crippen LogP contribution in [0.2, 0.25) is 0 Å². The largest absolute Gasteiger partial charge is 0.383 e. The number of aromatic nitrogens is 1. The van der Waals surface area contributed by atoms with Crippen molar-refractivity contribution in [2.45, 2.75) is 37.5 Å². The second-order valence-corrected chi connectivity index (χ2v) is 5.26. The summed E-state index contributed by atoms with van der Waals surface area (Å²) in [5, 5.41) is 14.3. The highest BCUT2D eigenvalue weighted by Crippen LogP contribution is 2.35. The summed E-state index contributed by atoms with van der Waals surface area (Å²) >= 11 is 0. The summed E-state index contributed by atoms with van der Waals surface area (Å²) in [5.41, 5.74) is 1.15. The first-order valence-electron chi connectivity index (χ1n) is 6.15. The summed E-state index contributed by atoms with van der Waals surface area (Å²) in [6.07, 6.45) is 3.14. The van der Waals surface area contributed by atoms with Gasteiger partial charge in [0.15, 0.2) is 0 Å². The van der Waals surface area contributed by atoms with Gasteiger partial charge in [-0.05, 0) is 37.5 Å². The van der Waals surface area contributed by atoms with Gasteiger partial charge in [-0.3, -0.25) is 4.98 Å².